The minimum absolute atomic E-state index is 0.112. The Kier molecular flexibility index (Phi) is 15.1. The normalized spacial score (nSPS) is 25.4. The molecule has 5 N–H and O–H groups in total. The van der Waals surface area contributed by atoms with Crippen molar-refractivity contribution in [3.05, 3.63) is 60.2 Å². The van der Waals surface area contributed by atoms with Crippen LogP contribution < -0.4 is 0 Å². The van der Waals surface area contributed by atoms with Crippen molar-refractivity contribution in [1.82, 2.24) is 0 Å². The van der Waals surface area contributed by atoms with E-state index in [1.54, 1.807) is 0 Å². The van der Waals surface area contributed by atoms with Crippen LogP contribution in [0.3, 0.4) is 0 Å². The van der Waals surface area contributed by atoms with Crippen LogP contribution >= 0.6 is 0 Å². The van der Waals surface area contributed by atoms with E-state index in [2.05, 4.69) is 6.58 Å². The Labute approximate surface area is 285 Å². The molecule has 1 saturated heterocycles. The number of hydrogen-bond donors (Lipinski definition) is 5. The lowest BCUT2D eigenvalue weighted by Gasteiger charge is -2.51. The van der Waals surface area contributed by atoms with Gasteiger partial charge in [-0.15, -0.1) is 0 Å². The molecule has 1 aliphatic rings. The largest absolute Gasteiger partial charge is 0.479 e. The number of aliphatic hydroxyl groups excluding tert-OH is 1. The van der Waals surface area contributed by atoms with Crippen LogP contribution in [0.1, 0.15) is 65.9 Å². The molecule has 14 heteroatoms. The predicted molar refractivity (Wildman–Crippen MR) is 173 cm³/mol. The molecule has 0 radical (unpaired) electrons. The minimum atomic E-state index is -3.91. The second-order valence-corrected chi connectivity index (χ2v) is 12.6. The highest BCUT2D eigenvalue weighted by atomic mass is 16.7. The molecule has 7 unspecified atom stereocenters. The third kappa shape index (κ3) is 9.97. The SMILES string of the molecule is C=C(CC[C@@H]1OC(C(=O)O)C(O)(C(=O)O)[C@](C(=O)O)(C(CO)OC(=O)/C=C/C(C)CC(C)CC)O1)C(OC(C)=O)C(C)Cc1ccccc1. The van der Waals surface area contributed by atoms with E-state index in [4.69, 9.17) is 18.9 Å². The maximum absolute atomic E-state index is 13.0. The Hall–Kier alpha value is -4.11. The van der Waals surface area contributed by atoms with E-state index in [1.807, 2.05) is 58.0 Å². The molecule has 9 atom stereocenters. The molecule has 1 aromatic rings. The molecule has 0 saturated carbocycles. The Morgan fingerprint density at radius 2 is 1.65 bits per heavy atom. The molecular formula is C35H48O14. The van der Waals surface area contributed by atoms with Crippen LogP contribution in [0.4, 0.5) is 0 Å². The maximum Gasteiger partial charge on any atom is 0.344 e. The number of carbonyl (C=O) groups excluding carboxylic acids is 2. The first-order valence-corrected chi connectivity index (χ1v) is 16.1. The van der Waals surface area contributed by atoms with Crippen molar-refractivity contribution in [2.75, 3.05) is 6.61 Å². The average Bonchev–Trinajstić information content (AvgIpc) is 3.04. The number of carboxylic acid groups (broad SMARTS) is 3. The number of rotatable bonds is 19. The molecule has 14 nitrogen and oxygen atoms in total. The molecule has 0 aromatic heterocycles. The van der Waals surface area contributed by atoms with Gasteiger partial charge >= 0.3 is 29.8 Å². The Morgan fingerprint density at radius 1 is 1.02 bits per heavy atom. The highest BCUT2D eigenvalue weighted by Crippen LogP contribution is 2.43. The van der Waals surface area contributed by atoms with Gasteiger partial charge in [0.2, 0.25) is 17.3 Å². The molecule has 1 aliphatic heterocycles. The standard InChI is InChI=1S/C35H48O14/c1-7-20(2)17-21(3)13-15-27(38)47-26(19-36)35(33(43)44)34(45,32(41)42)30(31(39)40)48-28(49-35)16-14-22(4)29(46-24(6)37)23(5)18-25-11-9-8-10-12-25/h8-13,15,20-21,23,26,28-30,36,45H,4,7,14,16-19H2,1-3,5-6H3,(H,39,40)(H,41,42)(H,43,44)/b15-13+/t20?,21?,23?,26?,28-,29?,30?,34?,35-/m1/s1. The molecule has 0 spiro atoms. The number of aliphatic hydroxyl groups is 2. The number of aliphatic carboxylic acids is 3. The van der Waals surface area contributed by atoms with Crippen molar-refractivity contribution in [3.63, 3.8) is 0 Å². The first kappa shape index (κ1) is 41.1. The van der Waals surface area contributed by atoms with Crippen LogP contribution in [-0.2, 0) is 49.3 Å². The number of carboxylic acids is 3. The number of carbonyl (C=O) groups is 5. The van der Waals surface area contributed by atoms with Crippen molar-refractivity contribution >= 4 is 29.8 Å². The van der Waals surface area contributed by atoms with Gasteiger partial charge in [0.05, 0.1) is 6.61 Å². The highest BCUT2D eigenvalue weighted by molar-refractivity contribution is 5.97. The average molecular weight is 693 g/mol. The van der Waals surface area contributed by atoms with Gasteiger partial charge in [0.25, 0.3) is 0 Å². The van der Waals surface area contributed by atoms with Gasteiger partial charge in [0.1, 0.15) is 6.10 Å². The first-order chi connectivity index (χ1) is 22.9. The zero-order valence-electron chi connectivity index (χ0n) is 28.4. The number of benzene rings is 1. The summed E-state index contributed by atoms with van der Waals surface area (Å²) in [7, 11) is 0. The third-order valence-electron chi connectivity index (χ3n) is 8.64. The van der Waals surface area contributed by atoms with Crippen LogP contribution in [0, 0.1) is 17.8 Å². The van der Waals surface area contributed by atoms with Crippen LogP contribution in [0.15, 0.2) is 54.6 Å². The summed E-state index contributed by atoms with van der Waals surface area (Å²) in [6.07, 6.45) is -3.86. The number of hydrogen-bond acceptors (Lipinski definition) is 11. The molecular weight excluding hydrogens is 644 g/mol. The van der Waals surface area contributed by atoms with Gasteiger partial charge in [-0.05, 0) is 42.2 Å². The smallest absolute Gasteiger partial charge is 0.344 e. The van der Waals surface area contributed by atoms with Gasteiger partial charge in [-0.1, -0.05) is 77.1 Å². The molecule has 1 heterocycles. The van der Waals surface area contributed by atoms with E-state index < -0.39 is 72.3 Å². The van der Waals surface area contributed by atoms with Crippen molar-refractivity contribution in [2.45, 2.75) is 103 Å². The highest BCUT2D eigenvalue weighted by Gasteiger charge is 2.76. The van der Waals surface area contributed by atoms with Crippen LogP contribution in [0.5, 0.6) is 0 Å². The monoisotopic (exact) mass is 692 g/mol. The van der Waals surface area contributed by atoms with Gasteiger partial charge in [0, 0.05) is 25.3 Å². The fourth-order valence-corrected chi connectivity index (χ4v) is 5.95. The second kappa shape index (κ2) is 18.0. The van der Waals surface area contributed by atoms with E-state index in [9.17, 15) is 49.5 Å². The molecule has 1 fully saturated rings. The zero-order chi connectivity index (χ0) is 37.1. The van der Waals surface area contributed by atoms with Crippen molar-refractivity contribution in [2.24, 2.45) is 17.8 Å². The molecule has 0 amide bonds. The summed E-state index contributed by atoms with van der Waals surface area (Å²) >= 11 is 0. The van der Waals surface area contributed by atoms with Crippen molar-refractivity contribution < 1.29 is 68.5 Å². The van der Waals surface area contributed by atoms with E-state index in [0.29, 0.717) is 24.3 Å². The molecule has 0 aliphatic carbocycles. The van der Waals surface area contributed by atoms with Gasteiger partial charge in [0.15, 0.2) is 12.4 Å². The molecule has 2 rings (SSSR count). The Bertz CT molecular complexity index is 1360. The third-order valence-corrected chi connectivity index (χ3v) is 8.64. The summed E-state index contributed by atoms with van der Waals surface area (Å²) in [5.41, 5.74) is -6.22. The number of ether oxygens (including phenoxy) is 4. The quantitative estimate of drug-likeness (QED) is 0.0798. The lowest BCUT2D eigenvalue weighted by atomic mass is 9.73. The topological polar surface area (TPSA) is 223 Å². The van der Waals surface area contributed by atoms with Crippen molar-refractivity contribution in [3.8, 4) is 0 Å². The zero-order valence-corrected chi connectivity index (χ0v) is 28.4. The molecule has 272 valence electrons. The second-order valence-electron chi connectivity index (χ2n) is 12.6. The van der Waals surface area contributed by atoms with Crippen molar-refractivity contribution in [1.29, 1.82) is 0 Å². The first-order valence-electron chi connectivity index (χ1n) is 16.1. The fourth-order valence-electron chi connectivity index (χ4n) is 5.95. The summed E-state index contributed by atoms with van der Waals surface area (Å²) in [6.45, 7) is 11.5. The van der Waals surface area contributed by atoms with E-state index >= 15 is 0 Å². The maximum atomic E-state index is 13.0. The van der Waals surface area contributed by atoms with Gasteiger partial charge in [-0.3, -0.25) is 4.79 Å². The Morgan fingerprint density at radius 3 is 2.16 bits per heavy atom. The fraction of sp³-hybridized carbons (Fsp3) is 0.571. The van der Waals surface area contributed by atoms with Crippen LogP contribution in [-0.4, -0.2) is 97.8 Å². The lowest BCUT2D eigenvalue weighted by molar-refractivity contribution is -0.361. The molecule has 0 bridgehead atoms. The number of allylic oxidation sites excluding steroid dienone is 1. The molecule has 49 heavy (non-hydrogen) atoms. The Balaban J connectivity index is 2.45. The lowest BCUT2D eigenvalue weighted by Crippen LogP contribution is -2.80. The summed E-state index contributed by atoms with van der Waals surface area (Å²) < 4.78 is 21.6. The van der Waals surface area contributed by atoms with Crippen LogP contribution in [0.2, 0.25) is 0 Å². The summed E-state index contributed by atoms with van der Waals surface area (Å²) in [4.78, 5) is 62.6. The summed E-state index contributed by atoms with van der Waals surface area (Å²) in [5.74, 6) is -8.59. The summed E-state index contributed by atoms with van der Waals surface area (Å²) in [6, 6.07) is 9.33. The van der Waals surface area contributed by atoms with E-state index in [1.165, 1.54) is 13.0 Å². The van der Waals surface area contributed by atoms with Gasteiger partial charge in [-0.25, -0.2) is 19.2 Å². The van der Waals surface area contributed by atoms with Gasteiger partial charge in [-0.2, -0.15) is 0 Å². The molecule has 1 aromatic carbocycles. The number of esters is 2. The van der Waals surface area contributed by atoms with E-state index in [0.717, 1.165) is 18.1 Å². The minimum Gasteiger partial charge on any atom is -0.479 e. The van der Waals surface area contributed by atoms with Gasteiger partial charge < -0.3 is 44.5 Å². The van der Waals surface area contributed by atoms with E-state index in [-0.39, 0.29) is 24.7 Å². The van der Waals surface area contributed by atoms with Crippen LogP contribution in [0.25, 0.3) is 0 Å². The predicted octanol–water partition coefficient (Wildman–Crippen LogP) is 3.13. The summed E-state index contributed by atoms with van der Waals surface area (Å²) in [5, 5.41) is 52.1.